The van der Waals surface area contributed by atoms with Gasteiger partial charge in [0.1, 0.15) is 29.1 Å². The Labute approximate surface area is 317 Å². The molecule has 1 unspecified atom stereocenters. The van der Waals surface area contributed by atoms with Gasteiger partial charge in [-0.15, -0.1) is 0 Å². The van der Waals surface area contributed by atoms with Crippen LogP contribution in [0.3, 0.4) is 0 Å². The molecule has 10 heteroatoms. The van der Waals surface area contributed by atoms with Gasteiger partial charge in [0.25, 0.3) is 0 Å². The fourth-order valence-electron chi connectivity index (χ4n) is 8.89. The Balaban J connectivity index is 1.41. The normalized spacial score (nSPS) is 19.3. The zero-order chi connectivity index (χ0) is 38.0. The zero-order valence-corrected chi connectivity index (χ0v) is 31.3. The number of benzene rings is 4. The lowest BCUT2D eigenvalue weighted by Gasteiger charge is -2.48. The number of nitriles is 2. The van der Waals surface area contributed by atoms with Crippen molar-refractivity contribution in [1.29, 1.82) is 10.5 Å². The lowest BCUT2D eigenvalue weighted by Crippen LogP contribution is -2.61. The van der Waals surface area contributed by atoms with Crippen LogP contribution in [-0.2, 0) is 32.9 Å². The Morgan fingerprint density at radius 2 is 1.63 bits per heavy atom. The molecule has 0 aliphatic carbocycles. The third-order valence-corrected chi connectivity index (χ3v) is 11.6. The Hall–Kier alpha value is -5.26. The highest BCUT2D eigenvalue weighted by molar-refractivity contribution is 6.01. The van der Waals surface area contributed by atoms with Gasteiger partial charge < -0.3 is 29.9 Å². The Morgan fingerprint density at radius 3 is 2.26 bits per heavy atom. The second-order valence-electron chi connectivity index (χ2n) is 14.5. The number of rotatable bonds is 10. The molecule has 9 nitrogen and oxygen atoms in total. The number of aryl methyl sites for hydroxylation is 1. The van der Waals surface area contributed by atoms with Gasteiger partial charge in [0.15, 0.2) is 6.17 Å². The highest BCUT2D eigenvalue weighted by Gasteiger charge is 2.66. The molecule has 0 radical (unpaired) electrons. The molecule has 1 spiro atoms. The number of amides is 1. The number of anilines is 2. The quantitative estimate of drug-likeness (QED) is 0.134. The molecule has 4 aromatic rings. The standard InChI is InChI=1S/C44H47FN6O3/c1-4-20-49-22-18-43(19-23-49)42(52)50(21-17-32-27-33-26-31(5-2)11-16-38(33)40(48)39(32)30(3)34(28-46)29-47)41(51(43)37-9-7-6-8-10-37)44(53-24-25-54-44)35-12-14-36(45)15-13-35/h6-16,26-27,41H,4-5,17-25,48H2,1-3H3. The molecule has 2 N–H and O–H groups in total. The van der Waals surface area contributed by atoms with E-state index in [4.69, 9.17) is 15.2 Å². The van der Waals surface area contributed by atoms with Crippen molar-refractivity contribution >= 4 is 33.6 Å². The molecule has 3 aliphatic rings. The summed E-state index contributed by atoms with van der Waals surface area (Å²) < 4.78 is 27.8. The number of fused-ring (bicyclic) bond motifs is 1. The Morgan fingerprint density at radius 1 is 0.944 bits per heavy atom. The minimum absolute atomic E-state index is 0.0151. The highest BCUT2D eigenvalue weighted by Crippen LogP contribution is 2.51. The first kappa shape index (κ1) is 37.1. The molecule has 3 fully saturated rings. The van der Waals surface area contributed by atoms with Gasteiger partial charge in [-0.1, -0.05) is 68.4 Å². The summed E-state index contributed by atoms with van der Waals surface area (Å²) in [5.74, 6) is -1.82. The van der Waals surface area contributed by atoms with Gasteiger partial charge in [0.2, 0.25) is 11.7 Å². The summed E-state index contributed by atoms with van der Waals surface area (Å²) in [6, 6.07) is 28.5. The molecule has 7 rings (SSSR count). The predicted octanol–water partition coefficient (Wildman–Crippen LogP) is 7.31. The first-order valence-electron chi connectivity index (χ1n) is 19.0. The third-order valence-electron chi connectivity index (χ3n) is 11.6. The molecule has 54 heavy (non-hydrogen) atoms. The molecule has 3 saturated heterocycles. The minimum atomic E-state index is -1.42. The number of para-hydroxylation sites is 1. The number of nitrogen functional groups attached to an aromatic ring is 1. The molecule has 1 atom stereocenters. The maximum absolute atomic E-state index is 15.5. The summed E-state index contributed by atoms with van der Waals surface area (Å²) >= 11 is 0. The summed E-state index contributed by atoms with van der Waals surface area (Å²) in [5.41, 5.74) is 11.1. The number of ether oxygens (including phenoxy) is 2. The molecular weight excluding hydrogens is 680 g/mol. The smallest absolute Gasteiger partial charge is 0.250 e. The maximum Gasteiger partial charge on any atom is 0.250 e. The second-order valence-corrected chi connectivity index (χ2v) is 14.5. The van der Waals surface area contributed by atoms with Crippen molar-refractivity contribution in [2.24, 2.45) is 0 Å². The van der Waals surface area contributed by atoms with Crippen molar-refractivity contribution < 1.29 is 18.7 Å². The van der Waals surface area contributed by atoms with E-state index in [0.29, 0.717) is 54.9 Å². The van der Waals surface area contributed by atoms with Crippen LogP contribution in [0.15, 0.2) is 84.4 Å². The maximum atomic E-state index is 15.5. The number of carbonyl (C=O) groups excluding carboxylic acids is 1. The lowest BCUT2D eigenvalue weighted by atomic mass is 9.84. The van der Waals surface area contributed by atoms with E-state index in [-0.39, 0.29) is 23.8 Å². The van der Waals surface area contributed by atoms with Gasteiger partial charge in [0, 0.05) is 47.5 Å². The van der Waals surface area contributed by atoms with E-state index in [2.05, 4.69) is 35.8 Å². The number of nitrogens with two attached hydrogens (primary N) is 1. The minimum Gasteiger partial charge on any atom is -0.398 e. The van der Waals surface area contributed by atoms with E-state index < -0.39 is 17.5 Å². The number of nitrogens with zero attached hydrogens (tertiary/aromatic N) is 5. The number of hydrogen-bond donors (Lipinski definition) is 1. The summed E-state index contributed by atoms with van der Waals surface area (Å²) in [4.78, 5) is 22.1. The second kappa shape index (κ2) is 15.2. The lowest BCUT2D eigenvalue weighted by molar-refractivity contribution is -0.206. The molecule has 3 heterocycles. The van der Waals surface area contributed by atoms with Crippen molar-refractivity contribution in [3.63, 3.8) is 0 Å². The van der Waals surface area contributed by atoms with Crippen LogP contribution >= 0.6 is 0 Å². The largest absolute Gasteiger partial charge is 0.398 e. The van der Waals surface area contributed by atoms with E-state index in [9.17, 15) is 14.9 Å². The number of halogens is 1. The highest BCUT2D eigenvalue weighted by atomic mass is 19.1. The predicted molar refractivity (Wildman–Crippen MR) is 208 cm³/mol. The molecule has 278 valence electrons. The van der Waals surface area contributed by atoms with E-state index >= 15 is 4.79 Å². The Bertz CT molecular complexity index is 2130. The van der Waals surface area contributed by atoms with Crippen LogP contribution < -0.4 is 10.6 Å². The van der Waals surface area contributed by atoms with Gasteiger partial charge in [-0.25, -0.2) is 4.39 Å². The first-order chi connectivity index (χ1) is 26.2. The summed E-state index contributed by atoms with van der Waals surface area (Å²) in [6.07, 6.45) is 2.71. The molecule has 3 aliphatic heterocycles. The van der Waals surface area contributed by atoms with Gasteiger partial charge in [-0.2, -0.15) is 10.5 Å². The van der Waals surface area contributed by atoms with E-state index in [1.165, 1.54) is 12.1 Å². The summed E-state index contributed by atoms with van der Waals surface area (Å²) in [7, 11) is 0. The number of hydrogen-bond acceptors (Lipinski definition) is 8. The number of piperidine rings is 1. The van der Waals surface area contributed by atoms with Crippen molar-refractivity contribution in [3.05, 3.63) is 113 Å². The molecule has 0 saturated carbocycles. The topological polar surface area (TPSA) is 119 Å². The number of allylic oxidation sites excluding steroid dienone is 2. The van der Waals surface area contributed by atoms with Crippen LogP contribution in [0.1, 0.15) is 62.3 Å². The summed E-state index contributed by atoms with van der Waals surface area (Å²) in [5, 5.41) is 21.6. The van der Waals surface area contributed by atoms with Crippen LogP contribution in [0.4, 0.5) is 15.8 Å². The average Bonchev–Trinajstić information content (AvgIpc) is 3.78. The Kier molecular flexibility index (Phi) is 10.5. The van der Waals surface area contributed by atoms with Crippen molar-refractivity contribution in [1.82, 2.24) is 9.80 Å². The third kappa shape index (κ3) is 6.28. The monoisotopic (exact) mass is 726 g/mol. The first-order valence-corrected chi connectivity index (χ1v) is 19.0. The van der Waals surface area contributed by atoms with Crippen LogP contribution in [-0.4, -0.2) is 66.8 Å². The number of carbonyl (C=O) groups is 1. The van der Waals surface area contributed by atoms with E-state index in [0.717, 1.165) is 60.1 Å². The SMILES string of the molecule is CCCN1CCC2(CC1)C(=O)N(CCc1cc3cc(CC)ccc3c(N)c1C(C)=C(C#N)C#N)C(C1(c3ccc(F)cc3)OCCO1)N2c1ccccc1. The van der Waals surface area contributed by atoms with Gasteiger partial charge >= 0.3 is 0 Å². The van der Waals surface area contributed by atoms with Gasteiger partial charge in [0.05, 0.1) is 13.2 Å². The van der Waals surface area contributed by atoms with E-state index in [1.807, 2.05) is 59.5 Å². The molecule has 0 aromatic heterocycles. The molecule has 1 amide bonds. The zero-order valence-electron chi connectivity index (χ0n) is 31.3. The molecule has 4 aromatic carbocycles. The van der Waals surface area contributed by atoms with Crippen LogP contribution in [0.5, 0.6) is 0 Å². The number of likely N-dealkylation sites (tertiary alicyclic amines) is 1. The summed E-state index contributed by atoms with van der Waals surface area (Å²) in [6.45, 7) is 9.37. The van der Waals surface area contributed by atoms with Gasteiger partial charge in [-0.3, -0.25) is 4.79 Å². The van der Waals surface area contributed by atoms with Crippen LogP contribution in [0.25, 0.3) is 16.3 Å². The van der Waals surface area contributed by atoms with Crippen LogP contribution in [0, 0.1) is 28.5 Å². The molecule has 0 bridgehead atoms. The van der Waals surface area contributed by atoms with E-state index in [1.54, 1.807) is 19.1 Å². The van der Waals surface area contributed by atoms with Crippen molar-refractivity contribution in [2.75, 3.05) is 50.0 Å². The van der Waals surface area contributed by atoms with Crippen molar-refractivity contribution in [2.45, 2.75) is 70.4 Å². The average molecular weight is 727 g/mol. The van der Waals surface area contributed by atoms with Gasteiger partial charge in [-0.05, 0) is 91.9 Å². The molecular formula is C44H47FN6O3. The van der Waals surface area contributed by atoms with Crippen LogP contribution in [0.2, 0.25) is 0 Å². The fraction of sp³-hybridized carbons (Fsp3) is 0.386. The fourth-order valence-corrected chi connectivity index (χ4v) is 8.89. The van der Waals surface area contributed by atoms with Crippen molar-refractivity contribution in [3.8, 4) is 12.1 Å².